The van der Waals surface area contributed by atoms with Crippen molar-refractivity contribution >= 4 is 5.91 Å². The molecule has 2 unspecified atom stereocenters. The summed E-state index contributed by atoms with van der Waals surface area (Å²) in [5.41, 5.74) is 6.07. The normalized spacial score (nSPS) is 31.6. The van der Waals surface area contributed by atoms with Crippen molar-refractivity contribution in [2.24, 2.45) is 5.73 Å². The predicted octanol–water partition coefficient (Wildman–Crippen LogP) is 1.67. The Morgan fingerprint density at radius 1 is 1.44 bits per heavy atom. The van der Waals surface area contributed by atoms with Gasteiger partial charge in [0.2, 0.25) is 5.91 Å². The summed E-state index contributed by atoms with van der Waals surface area (Å²) in [5, 5.41) is 0. The first-order valence-electron chi connectivity index (χ1n) is 7.24. The number of hydrogen-bond acceptors (Lipinski definition) is 3. The van der Waals surface area contributed by atoms with Gasteiger partial charge in [0.25, 0.3) is 0 Å². The number of ether oxygens (including phenoxy) is 1. The number of carbonyl (C=O) groups excluding carboxylic acids is 1. The Bertz CT molecular complexity index is 300. The van der Waals surface area contributed by atoms with Crippen molar-refractivity contribution in [3.63, 3.8) is 0 Å². The molecule has 0 radical (unpaired) electrons. The summed E-state index contributed by atoms with van der Waals surface area (Å²) < 4.78 is 5.63. The van der Waals surface area contributed by atoms with E-state index in [-0.39, 0.29) is 23.6 Å². The van der Waals surface area contributed by atoms with Crippen LogP contribution in [0.3, 0.4) is 0 Å². The molecule has 1 saturated heterocycles. The Hall–Kier alpha value is -0.610. The van der Waals surface area contributed by atoms with E-state index >= 15 is 0 Å². The largest absolute Gasteiger partial charge is 0.375 e. The number of amides is 1. The van der Waals surface area contributed by atoms with Crippen LogP contribution in [0.1, 0.15) is 52.4 Å². The van der Waals surface area contributed by atoms with Crippen LogP contribution in [0, 0.1) is 0 Å². The molecular weight excluding hydrogens is 228 g/mol. The first kappa shape index (κ1) is 13.8. The number of carbonyl (C=O) groups is 1. The molecule has 2 aliphatic rings. The molecule has 2 fully saturated rings. The molecular formula is C14H26N2O2. The van der Waals surface area contributed by atoms with Gasteiger partial charge in [-0.1, -0.05) is 19.8 Å². The molecule has 1 amide bonds. The van der Waals surface area contributed by atoms with Gasteiger partial charge in [-0.05, 0) is 26.2 Å². The van der Waals surface area contributed by atoms with Crippen LogP contribution in [-0.4, -0.2) is 41.6 Å². The van der Waals surface area contributed by atoms with Gasteiger partial charge in [-0.2, -0.15) is 0 Å². The maximum Gasteiger partial charge on any atom is 0.224 e. The Labute approximate surface area is 110 Å². The standard InChI is InChI=1S/C14H26N2O2/c1-3-12-10-18-11(2)9-16(12)13(17)8-14(15)6-4-5-7-14/h11-12H,3-10,15H2,1-2H3. The molecule has 0 aromatic heterocycles. The van der Waals surface area contributed by atoms with Crippen LogP contribution in [0.4, 0.5) is 0 Å². The van der Waals surface area contributed by atoms with Gasteiger partial charge in [-0.25, -0.2) is 0 Å². The van der Waals surface area contributed by atoms with Crippen molar-refractivity contribution in [3.05, 3.63) is 0 Å². The second-order valence-electron chi connectivity index (χ2n) is 6.00. The highest BCUT2D eigenvalue weighted by Gasteiger charge is 2.36. The fraction of sp³-hybridized carbons (Fsp3) is 0.929. The van der Waals surface area contributed by atoms with E-state index in [1.54, 1.807) is 0 Å². The molecule has 0 aromatic rings. The molecule has 2 atom stereocenters. The van der Waals surface area contributed by atoms with Gasteiger partial charge in [0.05, 0.1) is 18.8 Å². The van der Waals surface area contributed by atoms with Crippen LogP contribution in [0.5, 0.6) is 0 Å². The number of rotatable bonds is 3. The van der Waals surface area contributed by atoms with Gasteiger partial charge < -0.3 is 15.4 Å². The van der Waals surface area contributed by atoms with Crippen LogP contribution < -0.4 is 5.73 Å². The minimum absolute atomic E-state index is 0.147. The van der Waals surface area contributed by atoms with E-state index < -0.39 is 0 Å². The summed E-state index contributed by atoms with van der Waals surface area (Å²) in [6.45, 7) is 5.52. The average Bonchev–Trinajstić information content (AvgIpc) is 2.75. The van der Waals surface area contributed by atoms with E-state index in [9.17, 15) is 4.79 Å². The molecule has 2 N–H and O–H groups in total. The molecule has 0 aromatic carbocycles. The van der Waals surface area contributed by atoms with Gasteiger partial charge in [-0.15, -0.1) is 0 Å². The Morgan fingerprint density at radius 2 is 2.11 bits per heavy atom. The molecule has 1 aliphatic heterocycles. The minimum atomic E-state index is -0.239. The van der Waals surface area contributed by atoms with Crippen LogP contribution in [-0.2, 0) is 9.53 Å². The zero-order chi connectivity index (χ0) is 13.2. The molecule has 0 spiro atoms. The van der Waals surface area contributed by atoms with Crippen LogP contribution in [0.2, 0.25) is 0 Å². The van der Waals surface area contributed by atoms with E-state index in [0.717, 1.165) is 19.3 Å². The lowest BCUT2D eigenvalue weighted by Gasteiger charge is -2.39. The molecule has 2 rings (SSSR count). The zero-order valence-electron chi connectivity index (χ0n) is 11.7. The quantitative estimate of drug-likeness (QED) is 0.833. The molecule has 1 aliphatic carbocycles. The lowest BCUT2D eigenvalue weighted by Crippen LogP contribution is -2.53. The Morgan fingerprint density at radius 3 is 2.72 bits per heavy atom. The maximum absolute atomic E-state index is 12.5. The molecule has 1 heterocycles. The number of nitrogens with zero attached hydrogens (tertiary/aromatic N) is 1. The average molecular weight is 254 g/mol. The third-order valence-electron chi connectivity index (χ3n) is 4.36. The van der Waals surface area contributed by atoms with Crippen LogP contribution >= 0.6 is 0 Å². The SMILES string of the molecule is CCC1COC(C)CN1C(=O)CC1(N)CCCC1. The lowest BCUT2D eigenvalue weighted by molar-refractivity contribution is -0.145. The predicted molar refractivity (Wildman–Crippen MR) is 71.2 cm³/mol. The summed E-state index contributed by atoms with van der Waals surface area (Å²) in [7, 11) is 0. The van der Waals surface area contributed by atoms with Gasteiger partial charge in [-0.3, -0.25) is 4.79 Å². The third-order valence-corrected chi connectivity index (χ3v) is 4.36. The van der Waals surface area contributed by atoms with Gasteiger partial charge >= 0.3 is 0 Å². The molecule has 0 bridgehead atoms. The number of hydrogen-bond donors (Lipinski definition) is 1. The summed E-state index contributed by atoms with van der Waals surface area (Å²) in [5.74, 6) is 0.224. The van der Waals surface area contributed by atoms with Gasteiger partial charge in [0.1, 0.15) is 0 Å². The van der Waals surface area contributed by atoms with E-state index in [2.05, 4.69) is 6.92 Å². The Balaban J connectivity index is 1.97. The van der Waals surface area contributed by atoms with Gasteiger partial charge in [0, 0.05) is 18.5 Å². The minimum Gasteiger partial charge on any atom is -0.375 e. The highest BCUT2D eigenvalue weighted by Crippen LogP contribution is 2.31. The van der Waals surface area contributed by atoms with Gasteiger partial charge in [0.15, 0.2) is 0 Å². The van der Waals surface area contributed by atoms with Crippen molar-refractivity contribution in [2.45, 2.75) is 70.1 Å². The second-order valence-corrected chi connectivity index (χ2v) is 6.00. The summed E-state index contributed by atoms with van der Waals surface area (Å²) in [6.07, 6.45) is 5.94. The van der Waals surface area contributed by atoms with Crippen molar-refractivity contribution < 1.29 is 9.53 Å². The van der Waals surface area contributed by atoms with Crippen LogP contribution in [0.25, 0.3) is 0 Å². The highest BCUT2D eigenvalue weighted by molar-refractivity contribution is 5.78. The van der Waals surface area contributed by atoms with E-state index in [4.69, 9.17) is 10.5 Å². The molecule has 4 heteroatoms. The molecule has 104 valence electrons. The van der Waals surface area contributed by atoms with E-state index in [0.29, 0.717) is 19.6 Å². The molecule has 1 saturated carbocycles. The first-order valence-corrected chi connectivity index (χ1v) is 7.24. The summed E-state index contributed by atoms with van der Waals surface area (Å²) in [4.78, 5) is 14.5. The Kier molecular flexibility index (Phi) is 4.28. The monoisotopic (exact) mass is 254 g/mol. The fourth-order valence-electron chi connectivity index (χ4n) is 3.15. The lowest BCUT2D eigenvalue weighted by atomic mass is 9.93. The summed E-state index contributed by atoms with van der Waals surface area (Å²) >= 11 is 0. The first-order chi connectivity index (χ1) is 8.54. The van der Waals surface area contributed by atoms with Crippen molar-refractivity contribution in [1.82, 2.24) is 4.90 Å². The molecule has 18 heavy (non-hydrogen) atoms. The third kappa shape index (κ3) is 3.04. The fourth-order valence-corrected chi connectivity index (χ4v) is 3.15. The van der Waals surface area contributed by atoms with Crippen molar-refractivity contribution in [2.75, 3.05) is 13.2 Å². The summed E-state index contributed by atoms with van der Waals surface area (Å²) in [6, 6.07) is 0.235. The number of morpholine rings is 1. The van der Waals surface area contributed by atoms with Crippen molar-refractivity contribution in [1.29, 1.82) is 0 Å². The second kappa shape index (κ2) is 5.57. The zero-order valence-corrected chi connectivity index (χ0v) is 11.7. The molecule has 4 nitrogen and oxygen atoms in total. The number of nitrogens with two attached hydrogens (primary N) is 1. The van der Waals surface area contributed by atoms with E-state index in [1.807, 2.05) is 11.8 Å². The topological polar surface area (TPSA) is 55.6 Å². The van der Waals surface area contributed by atoms with Crippen molar-refractivity contribution in [3.8, 4) is 0 Å². The van der Waals surface area contributed by atoms with E-state index in [1.165, 1.54) is 12.8 Å². The highest BCUT2D eigenvalue weighted by atomic mass is 16.5. The maximum atomic E-state index is 12.5. The smallest absolute Gasteiger partial charge is 0.224 e. The van der Waals surface area contributed by atoms with Crippen LogP contribution in [0.15, 0.2) is 0 Å².